The van der Waals surface area contributed by atoms with E-state index in [0.29, 0.717) is 16.3 Å². The molecule has 0 spiro atoms. The molecular weight excluding hydrogens is 342 g/mol. The van der Waals surface area contributed by atoms with Gasteiger partial charge < -0.3 is 14.8 Å². The van der Waals surface area contributed by atoms with E-state index in [-0.39, 0.29) is 25.7 Å². The zero-order valence-electron chi connectivity index (χ0n) is 14.2. The van der Waals surface area contributed by atoms with Crippen LogP contribution in [0.3, 0.4) is 0 Å². The summed E-state index contributed by atoms with van der Waals surface area (Å²) in [6, 6.07) is 12.5. The second-order valence-electron chi connectivity index (χ2n) is 5.59. The van der Waals surface area contributed by atoms with Crippen molar-refractivity contribution in [2.24, 2.45) is 0 Å². The van der Waals surface area contributed by atoms with Gasteiger partial charge in [-0.1, -0.05) is 34.9 Å². The van der Waals surface area contributed by atoms with Gasteiger partial charge in [0, 0.05) is 10.6 Å². The van der Waals surface area contributed by atoms with Gasteiger partial charge in [-0.3, -0.25) is 9.59 Å². The lowest BCUT2D eigenvalue weighted by atomic mass is 10.1. The van der Waals surface area contributed by atoms with Crippen molar-refractivity contribution in [1.29, 1.82) is 0 Å². The number of esters is 1. The number of hydrogen-bond acceptors (Lipinski definition) is 4. The molecule has 0 saturated carbocycles. The number of nitrogens with one attached hydrogen (secondary N) is 1. The average Bonchev–Trinajstić information content (AvgIpc) is 2.56. The third-order valence-electron chi connectivity index (χ3n) is 3.29. The summed E-state index contributed by atoms with van der Waals surface area (Å²) in [6.07, 6.45) is 0. The van der Waals surface area contributed by atoms with Crippen LogP contribution in [0.15, 0.2) is 42.5 Å². The van der Waals surface area contributed by atoms with Crippen molar-refractivity contribution < 1.29 is 19.1 Å². The maximum absolute atomic E-state index is 12.0. The number of benzene rings is 2. The van der Waals surface area contributed by atoms with E-state index >= 15 is 0 Å². The summed E-state index contributed by atoms with van der Waals surface area (Å²) in [4.78, 5) is 23.7. The Morgan fingerprint density at radius 2 is 1.76 bits per heavy atom. The highest BCUT2D eigenvalue weighted by Gasteiger charge is 2.09. The molecule has 0 bridgehead atoms. The van der Waals surface area contributed by atoms with Gasteiger partial charge in [-0.2, -0.15) is 0 Å². The predicted molar refractivity (Wildman–Crippen MR) is 96.2 cm³/mol. The molecule has 0 fully saturated rings. The lowest BCUT2D eigenvalue weighted by molar-refractivity contribution is -0.143. The van der Waals surface area contributed by atoms with Gasteiger partial charge >= 0.3 is 5.97 Å². The summed E-state index contributed by atoms with van der Waals surface area (Å²) < 4.78 is 10.4. The van der Waals surface area contributed by atoms with E-state index < -0.39 is 5.97 Å². The minimum absolute atomic E-state index is 0.0881. The molecule has 0 aliphatic rings. The van der Waals surface area contributed by atoms with E-state index in [4.69, 9.17) is 21.1 Å². The molecule has 132 valence electrons. The van der Waals surface area contributed by atoms with Crippen LogP contribution in [0.5, 0.6) is 5.75 Å². The first kappa shape index (κ1) is 18.8. The van der Waals surface area contributed by atoms with Crippen LogP contribution in [-0.4, -0.2) is 31.6 Å². The van der Waals surface area contributed by atoms with Gasteiger partial charge in [-0.25, -0.2) is 0 Å². The number of halogens is 1. The van der Waals surface area contributed by atoms with Crippen molar-refractivity contribution >= 4 is 23.5 Å². The van der Waals surface area contributed by atoms with E-state index in [1.807, 2.05) is 19.9 Å². The number of ether oxygens (including phenoxy) is 2. The fourth-order valence-corrected chi connectivity index (χ4v) is 2.46. The van der Waals surface area contributed by atoms with Crippen LogP contribution in [0.1, 0.15) is 21.5 Å². The van der Waals surface area contributed by atoms with Gasteiger partial charge in [-0.15, -0.1) is 0 Å². The molecule has 0 unspecified atom stereocenters. The van der Waals surface area contributed by atoms with E-state index in [2.05, 4.69) is 5.32 Å². The standard InChI is InChI=1S/C19H20ClNO4/c1-13-8-14(2)10-15(9-13)19(23)21-12-18(22)25-7-6-24-17-5-3-4-16(20)11-17/h3-5,8-11H,6-7,12H2,1-2H3,(H,21,23). The minimum Gasteiger partial charge on any atom is -0.490 e. The molecule has 0 radical (unpaired) electrons. The van der Waals surface area contributed by atoms with Crippen LogP contribution in [0.2, 0.25) is 5.02 Å². The van der Waals surface area contributed by atoms with Gasteiger partial charge in [0.1, 0.15) is 25.5 Å². The van der Waals surface area contributed by atoms with E-state index in [9.17, 15) is 9.59 Å². The molecule has 0 aliphatic carbocycles. The number of rotatable bonds is 7. The van der Waals surface area contributed by atoms with Crippen molar-refractivity contribution in [1.82, 2.24) is 5.32 Å². The average molecular weight is 362 g/mol. The van der Waals surface area contributed by atoms with Gasteiger partial charge in [0.15, 0.2) is 0 Å². The molecule has 0 aliphatic heterocycles. The topological polar surface area (TPSA) is 64.6 Å². The Morgan fingerprint density at radius 1 is 1.04 bits per heavy atom. The second-order valence-corrected chi connectivity index (χ2v) is 6.02. The Hall–Kier alpha value is -2.53. The molecule has 0 atom stereocenters. The van der Waals surface area contributed by atoms with Crippen LogP contribution in [0.4, 0.5) is 0 Å². The van der Waals surface area contributed by atoms with Crippen molar-refractivity contribution in [2.45, 2.75) is 13.8 Å². The number of amides is 1. The Balaban J connectivity index is 1.69. The molecule has 5 nitrogen and oxygen atoms in total. The van der Waals surface area contributed by atoms with Gasteiger partial charge in [0.25, 0.3) is 5.91 Å². The molecule has 0 heterocycles. The molecule has 2 aromatic rings. The summed E-state index contributed by atoms with van der Waals surface area (Å²) in [5.74, 6) is -0.224. The third-order valence-corrected chi connectivity index (χ3v) is 3.52. The largest absolute Gasteiger partial charge is 0.490 e. The first-order valence-electron chi connectivity index (χ1n) is 7.84. The zero-order chi connectivity index (χ0) is 18.2. The number of carbonyl (C=O) groups is 2. The molecule has 2 rings (SSSR count). The van der Waals surface area contributed by atoms with Gasteiger partial charge in [0.2, 0.25) is 0 Å². The van der Waals surface area contributed by atoms with Gasteiger partial charge in [0.05, 0.1) is 0 Å². The third kappa shape index (κ3) is 6.47. The number of hydrogen-bond donors (Lipinski definition) is 1. The highest BCUT2D eigenvalue weighted by molar-refractivity contribution is 6.30. The highest BCUT2D eigenvalue weighted by Crippen LogP contribution is 2.16. The quantitative estimate of drug-likeness (QED) is 0.607. The summed E-state index contributed by atoms with van der Waals surface area (Å²) in [6.45, 7) is 3.93. The first-order chi connectivity index (χ1) is 11.9. The maximum Gasteiger partial charge on any atom is 0.325 e. The predicted octanol–water partition coefficient (Wildman–Crippen LogP) is 3.31. The zero-order valence-corrected chi connectivity index (χ0v) is 14.9. The molecular formula is C19H20ClNO4. The second kappa shape index (κ2) is 9.08. The Bertz CT molecular complexity index is 741. The molecule has 0 saturated heterocycles. The fourth-order valence-electron chi connectivity index (χ4n) is 2.28. The molecule has 25 heavy (non-hydrogen) atoms. The van der Waals surface area contributed by atoms with Crippen LogP contribution in [-0.2, 0) is 9.53 Å². The first-order valence-corrected chi connectivity index (χ1v) is 8.22. The minimum atomic E-state index is -0.521. The Labute approximate surface area is 151 Å². The van der Waals surface area contributed by atoms with Crippen molar-refractivity contribution in [2.75, 3.05) is 19.8 Å². The number of carbonyl (C=O) groups excluding carboxylic acids is 2. The normalized spacial score (nSPS) is 10.2. The smallest absolute Gasteiger partial charge is 0.325 e. The van der Waals surface area contributed by atoms with E-state index in [1.165, 1.54) is 0 Å². The van der Waals surface area contributed by atoms with Crippen LogP contribution in [0, 0.1) is 13.8 Å². The highest BCUT2D eigenvalue weighted by atomic mass is 35.5. The lowest BCUT2D eigenvalue weighted by Gasteiger charge is -2.09. The molecule has 6 heteroatoms. The van der Waals surface area contributed by atoms with Crippen LogP contribution in [0.25, 0.3) is 0 Å². The van der Waals surface area contributed by atoms with Crippen molar-refractivity contribution in [3.05, 3.63) is 64.2 Å². The Kier molecular flexibility index (Phi) is 6.83. The molecule has 2 aromatic carbocycles. The van der Waals surface area contributed by atoms with Gasteiger partial charge in [-0.05, 0) is 44.2 Å². The molecule has 1 N–H and O–H groups in total. The van der Waals surface area contributed by atoms with Crippen molar-refractivity contribution in [3.8, 4) is 5.75 Å². The SMILES string of the molecule is Cc1cc(C)cc(C(=O)NCC(=O)OCCOc2cccc(Cl)c2)c1. The molecule has 0 aromatic heterocycles. The summed E-state index contributed by atoms with van der Waals surface area (Å²) in [5, 5.41) is 3.12. The summed E-state index contributed by atoms with van der Waals surface area (Å²) in [5.41, 5.74) is 2.51. The summed E-state index contributed by atoms with van der Waals surface area (Å²) >= 11 is 5.84. The van der Waals surface area contributed by atoms with E-state index in [0.717, 1.165) is 11.1 Å². The van der Waals surface area contributed by atoms with E-state index in [1.54, 1.807) is 36.4 Å². The Morgan fingerprint density at radius 3 is 2.44 bits per heavy atom. The summed E-state index contributed by atoms with van der Waals surface area (Å²) in [7, 11) is 0. The van der Waals surface area contributed by atoms with Crippen molar-refractivity contribution in [3.63, 3.8) is 0 Å². The monoisotopic (exact) mass is 361 g/mol. The van der Waals surface area contributed by atoms with Crippen LogP contribution < -0.4 is 10.1 Å². The lowest BCUT2D eigenvalue weighted by Crippen LogP contribution is -2.31. The fraction of sp³-hybridized carbons (Fsp3) is 0.263. The maximum atomic E-state index is 12.0. The molecule has 1 amide bonds. The number of aryl methyl sites for hydroxylation is 2. The van der Waals surface area contributed by atoms with Crippen LogP contribution >= 0.6 is 11.6 Å².